The standard InChI is InChI=1S/C12H15FN4/c1-8(10-4-3-5-11(13)6-10)16-9(2)12-14-7-15-17-12/h3-9,16H,1-2H3,(H,14,15,17). The monoisotopic (exact) mass is 234 g/mol. The van der Waals surface area contributed by atoms with Crippen LogP contribution in [0.2, 0.25) is 0 Å². The average Bonchev–Trinajstić information content (AvgIpc) is 2.82. The Morgan fingerprint density at radius 2 is 2.12 bits per heavy atom. The number of aromatic nitrogens is 3. The average molecular weight is 234 g/mol. The highest BCUT2D eigenvalue weighted by atomic mass is 19.1. The molecule has 4 nitrogen and oxygen atoms in total. The normalized spacial score (nSPS) is 14.5. The molecule has 17 heavy (non-hydrogen) atoms. The fourth-order valence-electron chi connectivity index (χ4n) is 1.75. The third kappa shape index (κ3) is 2.88. The Labute approximate surface area is 99.3 Å². The van der Waals surface area contributed by atoms with Crippen molar-refractivity contribution in [2.24, 2.45) is 0 Å². The molecule has 5 heteroatoms. The second-order valence-corrected chi connectivity index (χ2v) is 4.04. The quantitative estimate of drug-likeness (QED) is 0.853. The fourth-order valence-corrected chi connectivity index (χ4v) is 1.75. The first-order valence-electron chi connectivity index (χ1n) is 5.53. The largest absolute Gasteiger partial charge is 0.301 e. The first-order valence-corrected chi connectivity index (χ1v) is 5.53. The first kappa shape index (κ1) is 11.7. The SMILES string of the molecule is CC(NC(C)c1ncn[nH]1)c1cccc(F)c1. The van der Waals surface area contributed by atoms with Crippen LogP contribution in [0, 0.1) is 5.82 Å². The summed E-state index contributed by atoms with van der Waals surface area (Å²) in [5, 5.41) is 9.93. The Hall–Kier alpha value is -1.75. The van der Waals surface area contributed by atoms with Gasteiger partial charge in [-0.3, -0.25) is 5.10 Å². The molecule has 0 aliphatic carbocycles. The van der Waals surface area contributed by atoms with Gasteiger partial charge in [0.1, 0.15) is 18.0 Å². The summed E-state index contributed by atoms with van der Waals surface area (Å²) in [6.07, 6.45) is 1.47. The maximum Gasteiger partial charge on any atom is 0.141 e. The summed E-state index contributed by atoms with van der Waals surface area (Å²) in [7, 11) is 0. The zero-order valence-electron chi connectivity index (χ0n) is 9.81. The van der Waals surface area contributed by atoms with Gasteiger partial charge >= 0.3 is 0 Å². The molecule has 0 bridgehead atoms. The van der Waals surface area contributed by atoms with Gasteiger partial charge in [-0.05, 0) is 31.5 Å². The number of hydrogen-bond donors (Lipinski definition) is 2. The molecule has 0 saturated heterocycles. The third-order valence-corrected chi connectivity index (χ3v) is 2.69. The lowest BCUT2D eigenvalue weighted by molar-refractivity contribution is 0.475. The molecule has 2 N–H and O–H groups in total. The van der Waals surface area contributed by atoms with Gasteiger partial charge in [0.15, 0.2) is 0 Å². The van der Waals surface area contributed by atoms with Crippen molar-refractivity contribution in [2.45, 2.75) is 25.9 Å². The second-order valence-electron chi connectivity index (χ2n) is 4.04. The Morgan fingerprint density at radius 1 is 1.29 bits per heavy atom. The molecule has 1 heterocycles. The Balaban J connectivity index is 2.04. The van der Waals surface area contributed by atoms with Crippen LogP contribution < -0.4 is 5.32 Å². The summed E-state index contributed by atoms with van der Waals surface area (Å²) in [5.74, 6) is 0.553. The number of benzene rings is 1. The Morgan fingerprint density at radius 3 is 2.76 bits per heavy atom. The molecule has 2 rings (SSSR count). The molecule has 0 radical (unpaired) electrons. The molecule has 2 unspecified atom stereocenters. The van der Waals surface area contributed by atoms with Crippen molar-refractivity contribution in [1.82, 2.24) is 20.5 Å². The number of nitrogens with one attached hydrogen (secondary N) is 2. The topological polar surface area (TPSA) is 53.6 Å². The van der Waals surface area contributed by atoms with E-state index in [1.54, 1.807) is 6.07 Å². The van der Waals surface area contributed by atoms with E-state index in [1.165, 1.54) is 18.5 Å². The number of H-pyrrole nitrogens is 1. The highest BCUT2D eigenvalue weighted by molar-refractivity contribution is 5.19. The van der Waals surface area contributed by atoms with Crippen LogP contribution in [0.25, 0.3) is 0 Å². The molecule has 1 aromatic carbocycles. The van der Waals surface area contributed by atoms with Crippen molar-refractivity contribution in [2.75, 3.05) is 0 Å². The van der Waals surface area contributed by atoms with E-state index in [-0.39, 0.29) is 17.9 Å². The summed E-state index contributed by atoms with van der Waals surface area (Å²) < 4.78 is 13.1. The molecule has 0 spiro atoms. The molecule has 0 saturated carbocycles. The van der Waals surface area contributed by atoms with Crippen LogP contribution in [0.1, 0.15) is 37.3 Å². The van der Waals surface area contributed by atoms with E-state index in [9.17, 15) is 4.39 Å². The second kappa shape index (κ2) is 5.05. The van der Waals surface area contributed by atoms with E-state index >= 15 is 0 Å². The van der Waals surface area contributed by atoms with Crippen LogP contribution in [0.3, 0.4) is 0 Å². The number of halogens is 1. The number of rotatable bonds is 4. The van der Waals surface area contributed by atoms with Crippen LogP contribution >= 0.6 is 0 Å². The van der Waals surface area contributed by atoms with Crippen LogP contribution in [-0.4, -0.2) is 15.2 Å². The first-order chi connectivity index (χ1) is 8.16. The van der Waals surface area contributed by atoms with Crippen molar-refractivity contribution in [1.29, 1.82) is 0 Å². The summed E-state index contributed by atoms with van der Waals surface area (Å²) >= 11 is 0. The van der Waals surface area contributed by atoms with Crippen molar-refractivity contribution in [3.8, 4) is 0 Å². The van der Waals surface area contributed by atoms with Gasteiger partial charge in [0.25, 0.3) is 0 Å². The number of hydrogen-bond acceptors (Lipinski definition) is 3. The van der Waals surface area contributed by atoms with Crippen molar-refractivity contribution < 1.29 is 4.39 Å². The molecule has 90 valence electrons. The minimum absolute atomic E-state index is 0.0377. The summed E-state index contributed by atoms with van der Waals surface area (Å²) in [4.78, 5) is 4.08. The van der Waals surface area contributed by atoms with Gasteiger partial charge in [-0.2, -0.15) is 5.10 Å². The third-order valence-electron chi connectivity index (χ3n) is 2.69. The highest BCUT2D eigenvalue weighted by Crippen LogP contribution is 2.17. The zero-order valence-corrected chi connectivity index (χ0v) is 9.81. The molecule has 0 fully saturated rings. The summed E-state index contributed by atoms with van der Waals surface area (Å²) in [6, 6.07) is 6.66. The minimum atomic E-state index is -0.219. The summed E-state index contributed by atoms with van der Waals surface area (Å²) in [5.41, 5.74) is 0.913. The molecule has 1 aromatic heterocycles. The number of nitrogens with zero attached hydrogens (tertiary/aromatic N) is 2. The van der Waals surface area contributed by atoms with E-state index in [1.807, 2.05) is 19.9 Å². The molecule has 0 aliphatic heterocycles. The van der Waals surface area contributed by atoms with Crippen LogP contribution in [-0.2, 0) is 0 Å². The Kier molecular flexibility index (Phi) is 3.49. The van der Waals surface area contributed by atoms with Crippen LogP contribution in [0.5, 0.6) is 0 Å². The lowest BCUT2D eigenvalue weighted by atomic mass is 10.1. The predicted molar refractivity (Wildman–Crippen MR) is 62.7 cm³/mol. The lowest BCUT2D eigenvalue weighted by Gasteiger charge is -2.18. The maximum absolute atomic E-state index is 13.1. The van der Waals surface area contributed by atoms with Crippen LogP contribution in [0.15, 0.2) is 30.6 Å². The predicted octanol–water partition coefficient (Wildman–Crippen LogP) is 2.36. The van der Waals surface area contributed by atoms with Crippen LogP contribution in [0.4, 0.5) is 4.39 Å². The molecular formula is C12H15FN4. The van der Waals surface area contributed by atoms with Crippen molar-refractivity contribution in [3.63, 3.8) is 0 Å². The van der Waals surface area contributed by atoms with E-state index in [0.29, 0.717) is 0 Å². The molecule has 2 aromatic rings. The van der Waals surface area contributed by atoms with Gasteiger partial charge in [0.2, 0.25) is 0 Å². The van der Waals surface area contributed by atoms with Gasteiger partial charge in [0.05, 0.1) is 6.04 Å². The van der Waals surface area contributed by atoms with E-state index < -0.39 is 0 Å². The smallest absolute Gasteiger partial charge is 0.141 e. The zero-order chi connectivity index (χ0) is 12.3. The van der Waals surface area contributed by atoms with Gasteiger partial charge < -0.3 is 5.32 Å². The minimum Gasteiger partial charge on any atom is -0.301 e. The molecule has 2 atom stereocenters. The highest BCUT2D eigenvalue weighted by Gasteiger charge is 2.13. The van der Waals surface area contributed by atoms with E-state index in [0.717, 1.165) is 11.4 Å². The number of aromatic amines is 1. The van der Waals surface area contributed by atoms with E-state index in [4.69, 9.17) is 0 Å². The molecule has 0 aliphatic rings. The maximum atomic E-state index is 13.1. The lowest BCUT2D eigenvalue weighted by Crippen LogP contribution is -2.23. The van der Waals surface area contributed by atoms with Gasteiger partial charge in [-0.1, -0.05) is 12.1 Å². The fraction of sp³-hybridized carbons (Fsp3) is 0.333. The Bertz CT molecular complexity index is 469. The van der Waals surface area contributed by atoms with Crippen molar-refractivity contribution >= 4 is 0 Å². The van der Waals surface area contributed by atoms with Gasteiger partial charge in [-0.15, -0.1) is 0 Å². The molecular weight excluding hydrogens is 219 g/mol. The summed E-state index contributed by atoms with van der Waals surface area (Å²) in [6.45, 7) is 3.97. The van der Waals surface area contributed by atoms with E-state index in [2.05, 4.69) is 20.5 Å². The molecule has 0 amide bonds. The van der Waals surface area contributed by atoms with Gasteiger partial charge in [0, 0.05) is 6.04 Å². The van der Waals surface area contributed by atoms with Gasteiger partial charge in [-0.25, -0.2) is 9.37 Å². The van der Waals surface area contributed by atoms with Crippen molar-refractivity contribution in [3.05, 3.63) is 47.8 Å².